The third-order valence-corrected chi connectivity index (χ3v) is 2.95. The minimum Gasteiger partial charge on any atom is -0.473 e. The normalized spacial score (nSPS) is 9.33. The summed E-state index contributed by atoms with van der Waals surface area (Å²) < 4.78 is 5.57. The number of rotatable bonds is 7. The molecular weight excluding hydrogens is 262 g/mol. The van der Waals surface area contributed by atoms with Gasteiger partial charge in [-0.2, -0.15) is 0 Å². The molecule has 0 unspecified atom stereocenters. The highest BCUT2D eigenvalue weighted by Crippen LogP contribution is 2.12. The molecule has 2 rings (SSSR count). The molecule has 3 heteroatoms. The van der Waals surface area contributed by atoms with E-state index >= 15 is 0 Å². The molecule has 1 N–H and O–H groups in total. The summed E-state index contributed by atoms with van der Waals surface area (Å²) in [6, 6.07) is 17.8. The van der Waals surface area contributed by atoms with Crippen molar-refractivity contribution in [2.75, 3.05) is 12.0 Å². The van der Waals surface area contributed by atoms with Gasteiger partial charge in [-0.1, -0.05) is 30.3 Å². The first-order valence-electron chi connectivity index (χ1n) is 6.83. The number of nitrogens with one attached hydrogen (secondary N) is 1. The fraction of sp³-hybridized carbons (Fsp3) is 0.167. The van der Waals surface area contributed by atoms with Gasteiger partial charge in [0.15, 0.2) is 12.7 Å². The lowest BCUT2D eigenvalue weighted by atomic mass is 10.1. The van der Waals surface area contributed by atoms with Gasteiger partial charge in [-0.05, 0) is 54.5 Å². The topological polar surface area (TPSA) is 38.3 Å². The Morgan fingerprint density at radius 2 is 1.81 bits per heavy atom. The lowest BCUT2D eigenvalue weighted by molar-refractivity contribution is 0.347. The highest BCUT2D eigenvalue weighted by Gasteiger charge is 1.95. The number of hydrogen-bond donors (Lipinski definition) is 1. The van der Waals surface area contributed by atoms with E-state index in [-0.39, 0.29) is 0 Å². The molecule has 0 aliphatic carbocycles. The minimum absolute atomic E-state index is 0.427. The summed E-state index contributed by atoms with van der Waals surface area (Å²) in [6.45, 7) is 0.427. The minimum atomic E-state index is 0.427. The highest BCUT2D eigenvalue weighted by atomic mass is 16.5. The highest BCUT2D eigenvalue weighted by molar-refractivity contribution is 5.45. The number of hydrogen-bond acceptors (Lipinski definition) is 3. The van der Waals surface area contributed by atoms with Gasteiger partial charge in [-0.25, -0.2) is 4.79 Å². The third kappa shape index (κ3) is 5.42. The molecular formula is C18H17NO2. The molecule has 21 heavy (non-hydrogen) atoms. The van der Waals surface area contributed by atoms with Crippen molar-refractivity contribution in [2.24, 2.45) is 0 Å². The van der Waals surface area contributed by atoms with Crippen molar-refractivity contribution < 1.29 is 9.53 Å². The maximum atomic E-state index is 9.98. The van der Waals surface area contributed by atoms with Crippen molar-refractivity contribution in [3.05, 3.63) is 72.0 Å². The van der Waals surface area contributed by atoms with Gasteiger partial charge in [0, 0.05) is 5.69 Å². The number of ether oxygens (including phenoxy) is 1. The van der Waals surface area contributed by atoms with Crippen LogP contribution in [-0.4, -0.2) is 12.7 Å². The molecule has 0 amide bonds. The number of anilines is 1. The molecule has 0 saturated heterocycles. The zero-order valence-electron chi connectivity index (χ0n) is 11.7. The van der Waals surface area contributed by atoms with E-state index < -0.39 is 0 Å². The van der Waals surface area contributed by atoms with E-state index in [4.69, 9.17) is 4.74 Å². The smallest absolute Gasteiger partial charge is 0.176 e. The predicted octanol–water partition coefficient (Wildman–Crippen LogP) is 3.61. The Hall–Kier alpha value is -2.73. The van der Waals surface area contributed by atoms with E-state index in [2.05, 4.69) is 23.2 Å². The Kier molecular flexibility index (Phi) is 5.90. The van der Waals surface area contributed by atoms with Crippen LogP contribution in [0.2, 0.25) is 0 Å². The Bertz CT molecular complexity index is 622. The molecule has 0 atom stereocenters. The molecule has 2 aromatic rings. The molecule has 0 bridgehead atoms. The van der Waals surface area contributed by atoms with E-state index in [1.54, 1.807) is 12.0 Å². The molecule has 0 heterocycles. The second-order valence-corrected chi connectivity index (χ2v) is 4.46. The van der Waals surface area contributed by atoms with Crippen molar-refractivity contribution in [1.82, 2.24) is 0 Å². The van der Waals surface area contributed by atoms with Crippen molar-refractivity contribution in [1.29, 1.82) is 0 Å². The van der Waals surface area contributed by atoms with Gasteiger partial charge in [0.1, 0.15) is 5.75 Å². The quantitative estimate of drug-likeness (QED) is 0.478. The molecule has 2 aromatic carbocycles. The first-order valence-corrected chi connectivity index (χ1v) is 6.83. The van der Waals surface area contributed by atoms with Crippen LogP contribution in [-0.2, 0) is 11.2 Å². The maximum Gasteiger partial charge on any atom is 0.176 e. The second kappa shape index (κ2) is 8.44. The predicted molar refractivity (Wildman–Crippen MR) is 84.1 cm³/mol. The summed E-state index contributed by atoms with van der Waals surface area (Å²) in [6.07, 6.45) is 3.38. The van der Waals surface area contributed by atoms with Crippen molar-refractivity contribution >= 4 is 11.6 Å². The van der Waals surface area contributed by atoms with Crippen LogP contribution in [0.1, 0.15) is 12.0 Å². The molecule has 0 aromatic heterocycles. The van der Waals surface area contributed by atoms with Crippen LogP contribution in [0.4, 0.5) is 5.69 Å². The fourth-order valence-electron chi connectivity index (χ4n) is 1.86. The Balaban J connectivity index is 1.77. The Morgan fingerprint density at radius 3 is 2.52 bits per heavy atom. The van der Waals surface area contributed by atoms with Gasteiger partial charge < -0.3 is 10.1 Å². The molecule has 106 valence electrons. The zero-order valence-corrected chi connectivity index (χ0v) is 11.7. The van der Waals surface area contributed by atoms with Gasteiger partial charge in [0.2, 0.25) is 0 Å². The number of carbonyl (C=O) groups excluding carboxylic acids is 1. The lowest BCUT2D eigenvalue weighted by Crippen LogP contribution is -2.08. The standard InChI is InChI=1S/C18H17NO2/c20-14-6-2-3-7-16-10-12-17(13-11-16)19-15-21-18-8-4-1-5-9-18/h1-2,4-5,8-13,19H,3,7,15H2. The summed E-state index contributed by atoms with van der Waals surface area (Å²) in [7, 11) is 0. The summed E-state index contributed by atoms with van der Waals surface area (Å²) in [5.41, 5.74) is 4.64. The van der Waals surface area contributed by atoms with Crippen LogP contribution < -0.4 is 10.1 Å². The van der Waals surface area contributed by atoms with Crippen LogP contribution in [0.5, 0.6) is 5.75 Å². The van der Waals surface area contributed by atoms with Crippen LogP contribution in [0.25, 0.3) is 0 Å². The molecule has 0 aliphatic rings. The van der Waals surface area contributed by atoms with E-state index in [9.17, 15) is 4.79 Å². The molecule has 0 saturated carbocycles. The number of aryl methyl sites for hydroxylation is 1. The average Bonchev–Trinajstić information content (AvgIpc) is 2.54. The molecule has 0 radical (unpaired) electrons. The first-order chi connectivity index (χ1) is 10.4. The summed E-state index contributed by atoms with van der Waals surface area (Å²) in [5.74, 6) is 2.46. The van der Waals surface area contributed by atoms with E-state index in [0.717, 1.165) is 24.3 Å². The number of para-hydroxylation sites is 1. The molecule has 3 nitrogen and oxygen atoms in total. The first kappa shape index (κ1) is 14.7. The number of allylic oxidation sites excluding steroid dienone is 1. The van der Waals surface area contributed by atoms with Crippen LogP contribution in [0.15, 0.2) is 66.4 Å². The lowest BCUT2D eigenvalue weighted by Gasteiger charge is -2.09. The summed E-state index contributed by atoms with van der Waals surface area (Å²) >= 11 is 0. The second-order valence-electron chi connectivity index (χ2n) is 4.46. The molecule has 0 spiro atoms. The summed E-state index contributed by atoms with van der Waals surface area (Å²) in [4.78, 5) is 9.98. The molecule has 0 fully saturated rings. The van der Waals surface area contributed by atoms with E-state index in [1.807, 2.05) is 42.5 Å². The van der Waals surface area contributed by atoms with Gasteiger partial charge in [0.05, 0.1) is 0 Å². The van der Waals surface area contributed by atoms with Crippen LogP contribution in [0.3, 0.4) is 0 Å². The van der Waals surface area contributed by atoms with Gasteiger partial charge in [-0.15, -0.1) is 0 Å². The monoisotopic (exact) mass is 279 g/mol. The SMILES string of the molecule is O=C=C=CCCc1ccc(NCOc2ccccc2)cc1. The van der Waals surface area contributed by atoms with Crippen molar-refractivity contribution in [2.45, 2.75) is 12.8 Å². The number of benzene rings is 2. The van der Waals surface area contributed by atoms with E-state index in [1.165, 1.54) is 5.56 Å². The summed E-state index contributed by atoms with van der Waals surface area (Å²) in [5, 5.41) is 3.20. The Labute approximate surface area is 124 Å². The zero-order chi connectivity index (χ0) is 14.8. The molecule has 0 aliphatic heterocycles. The third-order valence-electron chi connectivity index (χ3n) is 2.95. The maximum absolute atomic E-state index is 9.98. The van der Waals surface area contributed by atoms with Crippen LogP contribution in [0, 0.1) is 0 Å². The van der Waals surface area contributed by atoms with Crippen molar-refractivity contribution in [3.63, 3.8) is 0 Å². The largest absolute Gasteiger partial charge is 0.473 e. The average molecular weight is 279 g/mol. The fourth-order valence-corrected chi connectivity index (χ4v) is 1.86. The van der Waals surface area contributed by atoms with Crippen LogP contribution >= 0.6 is 0 Å². The van der Waals surface area contributed by atoms with E-state index in [0.29, 0.717) is 6.73 Å². The van der Waals surface area contributed by atoms with Gasteiger partial charge in [-0.3, -0.25) is 0 Å². The van der Waals surface area contributed by atoms with Crippen molar-refractivity contribution in [3.8, 4) is 5.75 Å². The van der Waals surface area contributed by atoms with Gasteiger partial charge in [0.25, 0.3) is 0 Å². The van der Waals surface area contributed by atoms with Gasteiger partial charge >= 0.3 is 0 Å². The Morgan fingerprint density at radius 1 is 1.05 bits per heavy atom.